The summed E-state index contributed by atoms with van der Waals surface area (Å²) in [6.45, 7) is 4.31. The summed E-state index contributed by atoms with van der Waals surface area (Å²) in [7, 11) is 0. The summed E-state index contributed by atoms with van der Waals surface area (Å²) in [5, 5.41) is 8.58. The van der Waals surface area contributed by atoms with E-state index in [9.17, 15) is 4.79 Å². The number of benzene rings is 1. The van der Waals surface area contributed by atoms with Gasteiger partial charge < -0.3 is 10.6 Å². The molecule has 0 radical (unpaired) electrons. The van der Waals surface area contributed by atoms with Crippen LogP contribution in [0.1, 0.15) is 36.2 Å². The van der Waals surface area contributed by atoms with Crippen LogP contribution in [0.25, 0.3) is 0 Å². The molecular weight excluding hydrogens is 280 g/mol. The van der Waals surface area contributed by atoms with Crippen molar-refractivity contribution >= 4 is 28.6 Å². The van der Waals surface area contributed by atoms with Gasteiger partial charge >= 0.3 is 0 Å². The Balaban J connectivity index is 1.61. The Kier molecular flexibility index (Phi) is 3.97. The maximum absolute atomic E-state index is 11.7. The molecule has 21 heavy (non-hydrogen) atoms. The second-order valence-electron chi connectivity index (χ2n) is 5.67. The second kappa shape index (κ2) is 5.90. The number of anilines is 2. The Labute approximate surface area is 129 Å². The number of aryl methyl sites for hydroxylation is 1. The average Bonchev–Trinajstić information content (AvgIpc) is 3.23. The number of thiophene rings is 1. The highest BCUT2D eigenvalue weighted by atomic mass is 32.1. The molecule has 1 fully saturated rings. The SMILES string of the molecule is Cc1ccsc1C(C)Nc1ccc(NC(=O)C2CC2)cc1. The summed E-state index contributed by atoms with van der Waals surface area (Å²) in [6, 6.07) is 10.4. The third-order valence-electron chi connectivity index (χ3n) is 3.78. The number of carbonyl (C=O) groups excluding carboxylic acids is 1. The van der Waals surface area contributed by atoms with Crippen molar-refractivity contribution in [1.29, 1.82) is 0 Å². The zero-order valence-electron chi connectivity index (χ0n) is 12.3. The average molecular weight is 300 g/mol. The second-order valence-corrected chi connectivity index (χ2v) is 6.62. The van der Waals surface area contributed by atoms with Crippen molar-refractivity contribution in [3.8, 4) is 0 Å². The van der Waals surface area contributed by atoms with Gasteiger partial charge in [0.15, 0.2) is 0 Å². The van der Waals surface area contributed by atoms with E-state index in [2.05, 4.69) is 35.9 Å². The van der Waals surface area contributed by atoms with Gasteiger partial charge in [0.2, 0.25) is 5.91 Å². The van der Waals surface area contributed by atoms with Crippen LogP contribution < -0.4 is 10.6 Å². The Morgan fingerprint density at radius 2 is 1.86 bits per heavy atom. The van der Waals surface area contributed by atoms with Gasteiger partial charge in [0.05, 0.1) is 6.04 Å². The molecule has 2 aromatic rings. The van der Waals surface area contributed by atoms with Gasteiger partial charge in [0.25, 0.3) is 0 Å². The fourth-order valence-electron chi connectivity index (χ4n) is 2.38. The molecule has 1 aromatic carbocycles. The molecule has 1 aliphatic rings. The topological polar surface area (TPSA) is 41.1 Å². The molecule has 110 valence electrons. The molecule has 1 unspecified atom stereocenters. The number of nitrogens with one attached hydrogen (secondary N) is 2. The molecule has 0 spiro atoms. The quantitative estimate of drug-likeness (QED) is 0.848. The Morgan fingerprint density at radius 3 is 2.43 bits per heavy atom. The van der Waals surface area contributed by atoms with Gasteiger partial charge in [-0.2, -0.15) is 0 Å². The van der Waals surface area contributed by atoms with E-state index in [1.54, 1.807) is 11.3 Å². The first-order valence-electron chi connectivity index (χ1n) is 7.35. The van der Waals surface area contributed by atoms with Gasteiger partial charge in [0.1, 0.15) is 0 Å². The van der Waals surface area contributed by atoms with E-state index in [0.717, 1.165) is 24.2 Å². The van der Waals surface area contributed by atoms with Crippen LogP contribution in [-0.4, -0.2) is 5.91 Å². The van der Waals surface area contributed by atoms with Crippen LogP contribution in [0, 0.1) is 12.8 Å². The van der Waals surface area contributed by atoms with Crippen molar-refractivity contribution < 1.29 is 4.79 Å². The number of amides is 1. The van der Waals surface area contributed by atoms with E-state index < -0.39 is 0 Å². The molecule has 1 heterocycles. The highest BCUT2D eigenvalue weighted by molar-refractivity contribution is 7.10. The molecular formula is C17H20N2OS. The van der Waals surface area contributed by atoms with Crippen molar-refractivity contribution in [2.45, 2.75) is 32.7 Å². The fraction of sp³-hybridized carbons (Fsp3) is 0.353. The molecule has 2 N–H and O–H groups in total. The standard InChI is InChI=1S/C17H20N2OS/c1-11-9-10-21-16(11)12(2)18-14-5-7-15(8-6-14)19-17(20)13-3-4-13/h5-10,12-13,18H,3-4H2,1-2H3,(H,19,20). The summed E-state index contributed by atoms with van der Waals surface area (Å²) < 4.78 is 0. The molecule has 1 atom stereocenters. The minimum absolute atomic E-state index is 0.151. The zero-order valence-corrected chi connectivity index (χ0v) is 13.2. The number of hydrogen-bond acceptors (Lipinski definition) is 3. The van der Waals surface area contributed by atoms with Crippen LogP contribution in [0.5, 0.6) is 0 Å². The molecule has 4 heteroatoms. The van der Waals surface area contributed by atoms with Crippen molar-refractivity contribution in [2.24, 2.45) is 5.92 Å². The predicted molar refractivity (Wildman–Crippen MR) is 88.9 cm³/mol. The van der Waals surface area contributed by atoms with Crippen molar-refractivity contribution in [2.75, 3.05) is 10.6 Å². The minimum Gasteiger partial charge on any atom is -0.378 e. The summed E-state index contributed by atoms with van der Waals surface area (Å²) in [5.41, 5.74) is 3.27. The molecule has 0 saturated heterocycles. The van der Waals surface area contributed by atoms with Crippen LogP contribution in [0.15, 0.2) is 35.7 Å². The maximum Gasteiger partial charge on any atom is 0.227 e. The number of rotatable bonds is 5. The minimum atomic E-state index is 0.151. The fourth-order valence-corrected chi connectivity index (χ4v) is 3.32. The highest BCUT2D eigenvalue weighted by Gasteiger charge is 2.29. The monoisotopic (exact) mass is 300 g/mol. The third-order valence-corrected chi connectivity index (χ3v) is 4.98. The molecule has 0 bridgehead atoms. The van der Waals surface area contributed by atoms with Crippen LogP contribution >= 0.6 is 11.3 Å². The number of hydrogen-bond donors (Lipinski definition) is 2. The Hall–Kier alpha value is -1.81. The van der Waals surface area contributed by atoms with Crippen LogP contribution in [-0.2, 0) is 4.79 Å². The molecule has 1 saturated carbocycles. The molecule has 1 aromatic heterocycles. The summed E-state index contributed by atoms with van der Waals surface area (Å²) in [6.07, 6.45) is 2.06. The Bertz CT molecular complexity index is 628. The molecule has 3 rings (SSSR count). The van der Waals surface area contributed by atoms with Gasteiger partial charge in [-0.1, -0.05) is 0 Å². The van der Waals surface area contributed by atoms with E-state index >= 15 is 0 Å². The molecule has 0 aliphatic heterocycles. The van der Waals surface area contributed by atoms with Gasteiger partial charge in [-0.3, -0.25) is 4.79 Å². The lowest BCUT2D eigenvalue weighted by Crippen LogP contribution is -2.13. The summed E-state index contributed by atoms with van der Waals surface area (Å²) in [4.78, 5) is 13.1. The van der Waals surface area contributed by atoms with Gasteiger partial charge in [-0.25, -0.2) is 0 Å². The van der Waals surface area contributed by atoms with E-state index in [1.807, 2.05) is 24.3 Å². The van der Waals surface area contributed by atoms with Gasteiger partial charge in [-0.05, 0) is 68.0 Å². The lowest BCUT2D eigenvalue weighted by Gasteiger charge is -2.15. The van der Waals surface area contributed by atoms with Crippen LogP contribution in [0.4, 0.5) is 11.4 Å². The predicted octanol–water partition coefficient (Wildman–Crippen LogP) is 4.58. The third kappa shape index (κ3) is 3.45. The van der Waals surface area contributed by atoms with Crippen LogP contribution in [0.3, 0.4) is 0 Å². The van der Waals surface area contributed by atoms with E-state index in [4.69, 9.17) is 0 Å². The largest absolute Gasteiger partial charge is 0.378 e. The van der Waals surface area contributed by atoms with Crippen molar-refractivity contribution in [3.63, 3.8) is 0 Å². The lowest BCUT2D eigenvalue weighted by molar-refractivity contribution is -0.117. The first-order chi connectivity index (χ1) is 10.1. The first-order valence-corrected chi connectivity index (χ1v) is 8.23. The first kappa shape index (κ1) is 14.1. The van der Waals surface area contributed by atoms with Gasteiger partial charge in [0, 0.05) is 22.2 Å². The smallest absolute Gasteiger partial charge is 0.227 e. The lowest BCUT2D eigenvalue weighted by atomic mass is 10.2. The van der Waals surface area contributed by atoms with Crippen molar-refractivity contribution in [3.05, 3.63) is 46.2 Å². The zero-order chi connectivity index (χ0) is 14.8. The summed E-state index contributed by atoms with van der Waals surface area (Å²) in [5.74, 6) is 0.392. The van der Waals surface area contributed by atoms with E-state index in [0.29, 0.717) is 0 Å². The Morgan fingerprint density at radius 1 is 1.19 bits per heavy atom. The highest BCUT2D eigenvalue weighted by Crippen LogP contribution is 2.31. The maximum atomic E-state index is 11.7. The van der Waals surface area contributed by atoms with E-state index in [1.165, 1.54) is 10.4 Å². The normalized spacial score (nSPS) is 15.5. The van der Waals surface area contributed by atoms with Crippen LogP contribution in [0.2, 0.25) is 0 Å². The molecule has 3 nitrogen and oxygen atoms in total. The molecule has 1 amide bonds. The van der Waals surface area contributed by atoms with E-state index in [-0.39, 0.29) is 17.9 Å². The summed E-state index contributed by atoms with van der Waals surface area (Å²) >= 11 is 1.78. The van der Waals surface area contributed by atoms with Gasteiger partial charge in [-0.15, -0.1) is 11.3 Å². The molecule has 1 aliphatic carbocycles. The number of carbonyl (C=O) groups is 1. The van der Waals surface area contributed by atoms with Crippen molar-refractivity contribution in [1.82, 2.24) is 0 Å².